The number of aromatic amines is 1. The summed E-state index contributed by atoms with van der Waals surface area (Å²) in [5.74, 6) is -1.44. The van der Waals surface area contributed by atoms with Crippen molar-refractivity contribution in [3.05, 3.63) is 59.5 Å². The number of pyridine rings is 1. The maximum absolute atomic E-state index is 14.5. The van der Waals surface area contributed by atoms with Gasteiger partial charge in [-0.05, 0) is 24.3 Å². The highest BCUT2D eigenvalue weighted by Gasteiger charge is 2.14. The monoisotopic (exact) mass is 387 g/mol. The van der Waals surface area contributed by atoms with Crippen molar-refractivity contribution in [2.75, 3.05) is 16.4 Å². The molecule has 0 bridgehead atoms. The summed E-state index contributed by atoms with van der Waals surface area (Å²) >= 11 is 5.80. The highest BCUT2D eigenvalue weighted by atomic mass is 35.5. The van der Waals surface area contributed by atoms with E-state index in [1.165, 1.54) is 12.3 Å². The van der Waals surface area contributed by atoms with Gasteiger partial charge in [0.05, 0.1) is 5.69 Å². The average Bonchev–Trinajstić information content (AvgIpc) is 3.06. The zero-order valence-corrected chi connectivity index (χ0v) is 14.4. The van der Waals surface area contributed by atoms with Gasteiger partial charge in [-0.25, -0.2) is 18.7 Å². The molecule has 0 saturated carbocycles. The molecule has 1 aromatic carbocycles. The number of aromatic nitrogens is 4. The van der Waals surface area contributed by atoms with Gasteiger partial charge in [-0.3, -0.25) is 0 Å². The van der Waals surface area contributed by atoms with Gasteiger partial charge in [-0.1, -0.05) is 11.6 Å². The molecule has 0 saturated heterocycles. The molecule has 0 radical (unpaired) electrons. The predicted molar refractivity (Wildman–Crippen MR) is 100 cm³/mol. The second kappa shape index (κ2) is 6.69. The van der Waals surface area contributed by atoms with Crippen LogP contribution in [0, 0.1) is 11.6 Å². The van der Waals surface area contributed by atoms with Crippen molar-refractivity contribution in [3.63, 3.8) is 0 Å². The largest absolute Gasteiger partial charge is 0.383 e. The molecular weight excluding hydrogens is 376 g/mol. The van der Waals surface area contributed by atoms with Gasteiger partial charge in [0.15, 0.2) is 11.6 Å². The predicted octanol–water partition coefficient (Wildman–Crippen LogP) is 4.35. The molecular formula is C17H12ClF2N7. The third-order valence-corrected chi connectivity index (χ3v) is 3.93. The normalized spacial score (nSPS) is 10.9. The van der Waals surface area contributed by atoms with Crippen molar-refractivity contribution in [2.45, 2.75) is 0 Å². The lowest BCUT2D eigenvalue weighted by atomic mass is 10.2. The smallest absolute Gasteiger partial charge is 0.230 e. The van der Waals surface area contributed by atoms with Gasteiger partial charge in [-0.2, -0.15) is 4.98 Å². The van der Waals surface area contributed by atoms with Gasteiger partial charge in [0, 0.05) is 29.5 Å². The second-order valence-electron chi connectivity index (χ2n) is 5.60. The number of anilines is 5. The van der Waals surface area contributed by atoms with Crippen LogP contribution >= 0.6 is 11.6 Å². The van der Waals surface area contributed by atoms with Crippen molar-refractivity contribution in [3.8, 4) is 0 Å². The quantitative estimate of drug-likeness (QED) is 0.388. The average molecular weight is 388 g/mol. The fourth-order valence-corrected chi connectivity index (χ4v) is 2.78. The molecule has 0 amide bonds. The molecule has 0 aliphatic carbocycles. The number of nitrogens with zero attached hydrogens (tertiary/aromatic N) is 3. The maximum Gasteiger partial charge on any atom is 0.230 e. The van der Waals surface area contributed by atoms with Gasteiger partial charge in [-0.15, -0.1) is 0 Å². The van der Waals surface area contributed by atoms with Crippen LogP contribution in [0.5, 0.6) is 0 Å². The molecule has 3 aromatic heterocycles. The summed E-state index contributed by atoms with van der Waals surface area (Å²) in [5, 5.41) is 6.26. The first kappa shape index (κ1) is 17.0. The molecule has 5 N–H and O–H groups in total. The van der Waals surface area contributed by atoms with Gasteiger partial charge in [0.1, 0.15) is 22.3 Å². The molecule has 3 heterocycles. The van der Waals surface area contributed by atoms with Gasteiger partial charge in [0.25, 0.3) is 0 Å². The van der Waals surface area contributed by atoms with E-state index in [1.807, 2.05) is 0 Å². The molecule has 0 aliphatic rings. The Morgan fingerprint density at radius 2 is 1.81 bits per heavy atom. The zero-order chi connectivity index (χ0) is 19.0. The summed E-state index contributed by atoms with van der Waals surface area (Å²) in [6, 6.07) is 6.97. The van der Waals surface area contributed by atoms with Gasteiger partial charge < -0.3 is 21.4 Å². The fraction of sp³-hybridized carbons (Fsp3) is 0. The Bertz CT molecular complexity index is 1100. The standard InChI is InChI=1S/C17H12ClF2N7/c18-13-7-14(21)27-17(26-13)24-8-5-10(19)15(11(20)6-8)25-12-2-4-23-16-9(12)1-3-22-16/h1-7H,(H2,22,23,25)(H3,21,24,26,27). The molecule has 4 rings (SSSR count). The molecule has 27 heavy (non-hydrogen) atoms. The van der Waals surface area contributed by atoms with Crippen LogP contribution in [0.25, 0.3) is 11.0 Å². The molecule has 0 aliphatic heterocycles. The van der Waals surface area contributed by atoms with E-state index >= 15 is 0 Å². The van der Waals surface area contributed by atoms with Gasteiger partial charge in [0.2, 0.25) is 5.95 Å². The number of fused-ring (bicyclic) bond motifs is 1. The van der Waals surface area contributed by atoms with Crippen molar-refractivity contribution < 1.29 is 8.78 Å². The Hall–Kier alpha value is -3.46. The minimum absolute atomic E-state index is 0.0303. The first-order chi connectivity index (χ1) is 13.0. The van der Waals surface area contributed by atoms with Crippen LogP contribution in [0.3, 0.4) is 0 Å². The summed E-state index contributed by atoms with van der Waals surface area (Å²) in [6.07, 6.45) is 3.23. The maximum atomic E-state index is 14.5. The van der Waals surface area contributed by atoms with E-state index in [0.717, 1.165) is 12.1 Å². The second-order valence-corrected chi connectivity index (χ2v) is 5.99. The Balaban J connectivity index is 1.65. The molecule has 0 fully saturated rings. The van der Waals surface area contributed by atoms with Crippen molar-refractivity contribution >= 4 is 51.5 Å². The van der Waals surface area contributed by atoms with E-state index < -0.39 is 11.6 Å². The number of rotatable bonds is 4. The van der Waals surface area contributed by atoms with E-state index in [9.17, 15) is 8.78 Å². The molecule has 136 valence electrons. The van der Waals surface area contributed by atoms with Crippen LogP contribution in [-0.4, -0.2) is 19.9 Å². The summed E-state index contributed by atoms with van der Waals surface area (Å²) in [6.45, 7) is 0. The lowest BCUT2D eigenvalue weighted by Crippen LogP contribution is -2.03. The number of H-pyrrole nitrogens is 1. The summed E-state index contributed by atoms with van der Waals surface area (Å²) in [7, 11) is 0. The van der Waals surface area contributed by atoms with Crippen LogP contribution < -0.4 is 16.4 Å². The third-order valence-electron chi connectivity index (χ3n) is 3.73. The number of nitrogens with one attached hydrogen (secondary N) is 3. The summed E-state index contributed by atoms with van der Waals surface area (Å²) < 4.78 is 29.1. The lowest BCUT2D eigenvalue weighted by Gasteiger charge is -2.12. The van der Waals surface area contributed by atoms with Crippen LogP contribution in [0.15, 0.2) is 42.7 Å². The van der Waals surface area contributed by atoms with Gasteiger partial charge >= 0.3 is 0 Å². The summed E-state index contributed by atoms with van der Waals surface area (Å²) in [5.41, 5.74) is 6.52. The van der Waals surface area contributed by atoms with Crippen LogP contribution in [0.4, 0.5) is 37.6 Å². The number of hydrogen-bond donors (Lipinski definition) is 4. The summed E-state index contributed by atoms with van der Waals surface area (Å²) in [4.78, 5) is 14.9. The van der Waals surface area contributed by atoms with E-state index in [0.29, 0.717) is 16.7 Å². The first-order valence-electron chi connectivity index (χ1n) is 7.75. The minimum atomic E-state index is -0.798. The molecule has 0 unspecified atom stereocenters. The molecule has 10 heteroatoms. The van der Waals surface area contributed by atoms with Crippen molar-refractivity contribution in [1.29, 1.82) is 0 Å². The number of hydrogen-bond acceptors (Lipinski definition) is 6. The Morgan fingerprint density at radius 1 is 1.04 bits per heavy atom. The number of benzene rings is 1. The van der Waals surface area contributed by atoms with Crippen LogP contribution in [-0.2, 0) is 0 Å². The topological polar surface area (TPSA) is 105 Å². The van der Waals surface area contributed by atoms with Crippen molar-refractivity contribution in [1.82, 2.24) is 19.9 Å². The first-order valence-corrected chi connectivity index (χ1v) is 8.12. The van der Waals surface area contributed by atoms with E-state index in [-0.39, 0.29) is 28.3 Å². The number of nitrogens with two attached hydrogens (primary N) is 1. The van der Waals surface area contributed by atoms with E-state index in [1.54, 1.807) is 18.3 Å². The third kappa shape index (κ3) is 3.44. The minimum Gasteiger partial charge on any atom is -0.383 e. The molecule has 7 nitrogen and oxygen atoms in total. The lowest BCUT2D eigenvalue weighted by molar-refractivity contribution is 0.592. The fourth-order valence-electron chi connectivity index (χ4n) is 2.59. The van der Waals surface area contributed by atoms with E-state index in [2.05, 4.69) is 30.6 Å². The zero-order valence-electron chi connectivity index (χ0n) is 13.6. The Labute approximate surface area is 156 Å². The molecule has 4 aromatic rings. The SMILES string of the molecule is Nc1cc(Cl)nc(Nc2cc(F)c(Nc3ccnc4[nH]ccc34)c(F)c2)n1. The highest BCUT2D eigenvalue weighted by molar-refractivity contribution is 6.29. The highest BCUT2D eigenvalue weighted by Crippen LogP contribution is 2.30. The van der Waals surface area contributed by atoms with Crippen LogP contribution in [0.1, 0.15) is 0 Å². The van der Waals surface area contributed by atoms with Crippen molar-refractivity contribution in [2.24, 2.45) is 0 Å². The molecule has 0 spiro atoms. The Morgan fingerprint density at radius 3 is 2.56 bits per heavy atom. The number of nitrogen functional groups attached to an aromatic ring is 1. The van der Waals surface area contributed by atoms with Crippen LogP contribution in [0.2, 0.25) is 5.15 Å². The Kier molecular flexibility index (Phi) is 4.21. The van der Waals surface area contributed by atoms with E-state index in [4.69, 9.17) is 17.3 Å². The number of halogens is 3. The molecule has 0 atom stereocenters.